The Hall–Kier alpha value is -3.35. The number of carbonyl (C=O) groups is 2. The molecule has 1 unspecified atom stereocenters. The molecule has 7 heteroatoms. The summed E-state index contributed by atoms with van der Waals surface area (Å²) < 4.78 is 11.0. The van der Waals surface area contributed by atoms with Crippen LogP contribution in [-0.2, 0) is 19.1 Å². The third-order valence-electron chi connectivity index (χ3n) is 6.17. The minimum absolute atomic E-state index is 0.0903. The van der Waals surface area contributed by atoms with Crippen molar-refractivity contribution in [1.82, 2.24) is 15.3 Å². The number of rotatable bonds is 5. The Kier molecular flexibility index (Phi) is 6.44. The van der Waals surface area contributed by atoms with Crippen LogP contribution in [0.15, 0.2) is 59.1 Å². The van der Waals surface area contributed by atoms with Gasteiger partial charge in [0.1, 0.15) is 11.9 Å². The molecule has 2 heterocycles. The fourth-order valence-corrected chi connectivity index (χ4v) is 4.58. The van der Waals surface area contributed by atoms with E-state index in [4.69, 9.17) is 9.47 Å². The number of imidazole rings is 1. The molecule has 1 aliphatic heterocycles. The number of ether oxygens (including phenoxy) is 2. The van der Waals surface area contributed by atoms with Gasteiger partial charge >= 0.3 is 11.9 Å². The van der Waals surface area contributed by atoms with E-state index in [2.05, 4.69) is 15.3 Å². The van der Waals surface area contributed by atoms with Gasteiger partial charge in [0, 0.05) is 28.8 Å². The number of hydrogen-bond acceptors (Lipinski definition) is 6. The number of nitrogens with zero attached hydrogens (tertiary/aromatic N) is 1. The molecule has 1 aromatic heterocycles. The number of nitrogens with one attached hydrogen (secondary N) is 2. The second-order valence-electron chi connectivity index (χ2n) is 8.35. The minimum Gasteiger partial charge on any atom is -0.466 e. The highest BCUT2D eigenvalue weighted by atomic mass is 16.5. The molecular weight excluding hydrogens is 406 g/mol. The van der Waals surface area contributed by atoms with Crippen LogP contribution in [0.3, 0.4) is 0 Å². The van der Waals surface area contributed by atoms with E-state index in [1.807, 2.05) is 37.3 Å². The molecule has 0 bridgehead atoms. The van der Waals surface area contributed by atoms with Crippen molar-refractivity contribution in [3.05, 3.63) is 64.8 Å². The molecule has 0 saturated heterocycles. The zero-order valence-electron chi connectivity index (χ0n) is 18.7. The molecule has 1 atom stereocenters. The van der Waals surface area contributed by atoms with Crippen LogP contribution in [0.1, 0.15) is 57.6 Å². The van der Waals surface area contributed by atoms with Gasteiger partial charge in [0.2, 0.25) is 0 Å². The molecule has 32 heavy (non-hydrogen) atoms. The van der Waals surface area contributed by atoms with Crippen molar-refractivity contribution < 1.29 is 19.1 Å². The number of aromatic amines is 1. The van der Waals surface area contributed by atoms with E-state index in [0.717, 1.165) is 31.2 Å². The average Bonchev–Trinajstić information content (AvgIpc) is 3.29. The lowest BCUT2D eigenvalue weighted by atomic mass is 9.83. The number of carbonyl (C=O) groups excluding carboxylic acids is 2. The van der Waals surface area contributed by atoms with Crippen LogP contribution < -0.4 is 5.32 Å². The highest BCUT2D eigenvalue weighted by Crippen LogP contribution is 2.39. The van der Waals surface area contributed by atoms with Gasteiger partial charge in [-0.05, 0) is 39.5 Å². The van der Waals surface area contributed by atoms with Crippen molar-refractivity contribution in [3.63, 3.8) is 0 Å². The Morgan fingerprint density at radius 2 is 1.62 bits per heavy atom. The molecule has 2 aromatic rings. The summed E-state index contributed by atoms with van der Waals surface area (Å²) in [7, 11) is 1.34. The lowest BCUT2D eigenvalue weighted by Gasteiger charge is -2.31. The first-order valence-electron chi connectivity index (χ1n) is 11.1. The van der Waals surface area contributed by atoms with Crippen molar-refractivity contribution >= 4 is 11.9 Å². The molecule has 1 aliphatic carbocycles. The van der Waals surface area contributed by atoms with Crippen LogP contribution in [0.2, 0.25) is 0 Å². The highest BCUT2D eigenvalue weighted by Gasteiger charge is 2.39. The number of esters is 2. The van der Waals surface area contributed by atoms with E-state index < -0.39 is 17.9 Å². The van der Waals surface area contributed by atoms with E-state index in [9.17, 15) is 9.59 Å². The third kappa shape index (κ3) is 4.33. The summed E-state index contributed by atoms with van der Waals surface area (Å²) in [5.41, 5.74) is 3.64. The maximum atomic E-state index is 13.4. The van der Waals surface area contributed by atoms with Gasteiger partial charge in [-0.3, -0.25) is 0 Å². The monoisotopic (exact) mass is 435 g/mol. The Balaban J connectivity index is 1.74. The van der Waals surface area contributed by atoms with Gasteiger partial charge in [0.15, 0.2) is 0 Å². The largest absolute Gasteiger partial charge is 0.466 e. The molecule has 4 rings (SSSR count). The topological polar surface area (TPSA) is 93.3 Å². The normalized spacial score (nSPS) is 19.5. The van der Waals surface area contributed by atoms with Gasteiger partial charge in [0.25, 0.3) is 0 Å². The van der Waals surface area contributed by atoms with Crippen molar-refractivity contribution in [2.45, 2.75) is 58.0 Å². The molecule has 1 saturated carbocycles. The Morgan fingerprint density at radius 1 is 0.969 bits per heavy atom. The molecule has 1 fully saturated rings. The number of methoxy groups -OCH3 is 1. The molecule has 2 N–H and O–H groups in total. The molecular formula is C25H29N3O4. The molecule has 1 aromatic carbocycles. The Bertz CT molecular complexity index is 1060. The van der Waals surface area contributed by atoms with Crippen LogP contribution >= 0.6 is 0 Å². The molecule has 0 amide bonds. The quantitative estimate of drug-likeness (QED) is 0.678. The summed E-state index contributed by atoms with van der Waals surface area (Å²) in [6.07, 6.45) is 6.62. The summed E-state index contributed by atoms with van der Waals surface area (Å²) in [5.74, 6) is -0.897. The first kappa shape index (κ1) is 21.9. The summed E-state index contributed by atoms with van der Waals surface area (Å²) in [4.78, 5) is 34.0. The highest BCUT2D eigenvalue weighted by molar-refractivity contribution is 5.99. The summed E-state index contributed by atoms with van der Waals surface area (Å²) in [6, 6.07) is 9.71. The van der Waals surface area contributed by atoms with Gasteiger partial charge in [-0.2, -0.15) is 0 Å². The Morgan fingerprint density at radius 3 is 2.28 bits per heavy atom. The number of dihydropyridines is 1. The fraction of sp³-hybridized carbons (Fsp3) is 0.400. The second kappa shape index (κ2) is 9.42. The maximum Gasteiger partial charge on any atom is 0.337 e. The zero-order chi connectivity index (χ0) is 22.7. The number of aromatic nitrogens is 2. The molecule has 2 aliphatic rings. The van der Waals surface area contributed by atoms with Gasteiger partial charge in [-0.25, -0.2) is 14.6 Å². The van der Waals surface area contributed by atoms with Crippen molar-refractivity contribution in [2.75, 3.05) is 7.11 Å². The second-order valence-corrected chi connectivity index (χ2v) is 8.35. The lowest BCUT2D eigenvalue weighted by molar-refractivity contribution is -0.146. The van der Waals surface area contributed by atoms with Gasteiger partial charge in [-0.15, -0.1) is 0 Å². The van der Waals surface area contributed by atoms with E-state index in [1.54, 1.807) is 13.1 Å². The number of allylic oxidation sites excluding steroid dienone is 2. The standard InChI is InChI=1S/C25H29N3O4/c1-15-20(24(29)31-3)22(19-14-26-23(28-19)17-10-6-4-7-11-17)21(16(2)27-15)25(30)32-18-12-8-5-9-13-18/h4,6-7,10-11,14,18,22,27H,5,8-9,12-13H2,1-3H3,(H,26,28). The minimum atomic E-state index is -0.662. The van der Waals surface area contributed by atoms with E-state index in [0.29, 0.717) is 34.1 Å². The van der Waals surface area contributed by atoms with Crippen molar-refractivity contribution in [2.24, 2.45) is 0 Å². The number of benzene rings is 1. The predicted molar refractivity (Wildman–Crippen MR) is 120 cm³/mol. The third-order valence-corrected chi connectivity index (χ3v) is 6.17. The van der Waals surface area contributed by atoms with Crippen LogP contribution in [0.5, 0.6) is 0 Å². The van der Waals surface area contributed by atoms with Crippen LogP contribution in [0.4, 0.5) is 0 Å². The van der Waals surface area contributed by atoms with Gasteiger partial charge < -0.3 is 19.8 Å². The maximum absolute atomic E-state index is 13.4. The van der Waals surface area contributed by atoms with E-state index in [-0.39, 0.29) is 6.10 Å². The first-order chi connectivity index (χ1) is 15.5. The first-order valence-corrected chi connectivity index (χ1v) is 11.1. The molecule has 0 radical (unpaired) electrons. The van der Waals surface area contributed by atoms with E-state index in [1.165, 1.54) is 13.5 Å². The smallest absolute Gasteiger partial charge is 0.337 e. The summed E-state index contributed by atoms with van der Waals surface area (Å²) in [5, 5.41) is 3.17. The van der Waals surface area contributed by atoms with Crippen molar-refractivity contribution in [1.29, 1.82) is 0 Å². The Labute approximate surface area is 187 Å². The number of H-pyrrole nitrogens is 1. The molecule has 0 spiro atoms. The SMILES string of the molecule is COC(=O)C1=C(C)NC(C)=C(C(=O)OC2CCCCC2)C1c1cnc(-c2ccccc2)[nH]1. The predicted octanol–water partition coefficient (Wildman–Crippen LogP) is 4.36. The van der Waals surface area contributed by atoms with E-state index >= 15 is 0 Å². The van der Waals surface area contributed by atoms with Crippen LogP contribution in [-0.4, -0.2) is 35.1 Å². The molecule has 7 nitrogen and oxygen atoms in total. The average molecular weight is 436 g/mol. The summed E-state index contributed by atoms with van der Waals surface area (Å²) in [6.45, 7) is 3.64. The van der Waals surface area contributed by atoms with Crippen LogP contribution in [0.25, 0.3) is 11.4 Å². The zero-order valence-corrected chi connectivity index (χ0v) is 18.7. The van der Waals surface area contributed by atoms with Gasteiger partial charge in [0.05, 0.1) is 24.2 Å². The number of hydrogen-bond donors (Lipinski definition) is 2. The lowest BCUT2D eigenvalue weighted by Crippen LogP contribution is -2.34. The van der Waals surface area contributed by atoms with Gasteiger partial charge in [-0.1, -0.05) is 36.8 Å². The fourth-order valence-electron chi connectivity index (χ4n) is 4.58. The van der Waals surface area contributed by atoms with Crippen molar-refractivity contribution in [3.8, 4) is 11.4 Å². The molecule has 168 valence electrons. The van der Waals surface area contributed by atoms with Crippen LogP contribution in [0, 0.1) is 0 Å². The summed E-state index contributed by atoms with van der Waals surface area (Å²) >= 11 is 0.